The number of hydrogen-bond donors (Lipinski definition) is 2. The molecule has 1 aliphatic carbocycles. The number of fused-ring (bicyclic) bond motifs is 1. The van der Waals surface area contributed by atoms with Gasteiger partial charge in [-0.05, 0) is 55.0 Å². The van der Waals surface area contributed by atoms with Gasteiger partial charge in [0.1, 0.15) is 0 Å². The molecule has 0 amide bonds. The molecule has 4 heteroatoms. The standard InChI is InChI=1S/C16H19ClN2S/c17-13-8-6-11(7-9-13)16(19-18)15-10-12-4-2-1-3-5-14(12)20-15/h6-10,16,19H,1-5,18H2. The maximum absolute atomic E-state index is 5.96. The molecule has 1 aromatic heterocycles. The maximum atomic E-state index is 5.96. The fraction of sp³-hybridized carbons (Fsp3) is 0.375. The average molecular weight is 307 g/mol. The lowest BCUT2D eigenvalue weighted by Gasteiger charge is -2.14. The highest BCUT2D eigenvalue weighted by Gasteiger charge is 2.19. The fourth-order valence-corrected chi connectivity index (χ4v) is 4.30. The van der Waals surface area contributed by atoms with E-state index in [9.17, 15) is 0 Å². The van der Waals surface area contributed by atoms with Gasteiger partial charge in [-0.2, -0.15) is 0 Å². The van der Waals surface area contributed by atoms with Gasteiger partial charge in [-0.25, -0.2) is 5.43 Å². The summed E-state index contributed by atoms with van der Waals surface area (Å²) >= 11 is 7.86. The van der Waals surface area contributed by atoms with Gasteiger partial charge in [0.15, 0.2) is 0 Å². The van der Waals surface area contributed by atoms with E-state index in [0.717, 1.165) is 10.6 Å². The van der Waals surface area contributed by atoms with E-state index < -0.39 is 0 Å². The molecule has 0 aliphatic heterocycles. The van der Waals surface area contributed by atoms with Crippen LogP contribution in [0.15, 0.2) is 30.3 Å². The van der Waals surface area contributed by atoms with Crippen molar-refractivity contribution in [2.75, 3.05) is 0 Å². The first-order valence-electron chi connectivity index (χ1n) is 7.11. The van der Waals surface area contributed by atoms with Crippen LogP contribution in [0.4, 0.5) is 0 Å². The molecule has 1 atom stereocenters. The van der Waals surface area contributed by atoms with E-state index >= 15 is 0 Å². The molecule has 20 heavy (non-hydrogen) atoms. The molecule has 0 bridgehead atoms. The van der Waals surface area contributed by atoms with Crippen LogP contribution in [0.3, 0.4) is 0 Å². The minimum atomic E-state index is 0.0594. The average Bonchev–Trinajstić information content (AvgIpc) is 2.72. The van der Waals surface area contributed by atoms with E-state index in [1.165, 1.54) is 42.5 Å². The topological polar surface area (TPSA) is 38.0 Å². The van der Waals surface area contributed by atoms with Gasteiger partial charge in [-0.1, -0.05) is 30.2 Å². The van der Waals surface area contributed by atoms with Gasteiger partial charge in [-0.3, -0.25) is 5.84 Å². The molecule has 1 heterocycles. The normalized spacial score (nSPS) is 16.5. The summed E-state index contributed by atoms with van der Waals surface area (Å²) < 4.78 is 0. The van der Waals surface area contributed by atoms with Crippen LogP contribution in [0.1, 0.15) is 46.2 Å². The molecule has 0 saturated carbocycles. The lowest BCUT2D eigenvalue weighted by Crippen LogP contribution is -2.28. The monoisotopic (exact) mass is 306 g/mol. The first-order chi connectivity index (χ1) is 9.78. The van der Waals surface area contributed by atoms with Crippen molar-refractivity contribution in [3.05, 3.63) is 56.2 Å². The highest BCUT2D eigenvalue weighted by Crippen LogP contribution is 2.34. The van der Waals surface area contributed by atoms with Crippen LogP contribution in [0.25, 0.3) is 0 Å². The van der Waals surface area contributed by atoms with Gasteiger partial charge in [0, 0.05) is 14.8 Å². The Morgan fingerprint density at radius 3 is 2.60 bits per heavy atom. The largest absolute Gasteiger partial charge is 0.271 e. The van der Waals surface area contributed by atoms with Crippen LogP contribution >= 0.6 is 22.9 Å². The smallest absolute Gasteiger partial charge is 0.0802 e. The Hall–Kier alpha value is -0.870. The van der Waals surface area contributed by atoms with Crippen molar-refractivity contribution in [1.82, 2.24) is 5.43 Å². The summed E-state index contributed by atoms with van der Waals surface area (Å²) in [5.74, 6) is 5.79. The number of nitrogens with two attached hydrogens (primary N) is 1. The highest BCUT2D eigenvalue weighted by atomic mass is 35.5. The summed E-state index contributed by atoms with van der Waals surface area (Å²) in [6.45, 7) is 0. The molecule has 0 fully saturated rings. The lowest BCUT2D eigenvalue weighted by molar-refractivity contribution is 0.645. The number of thiophene rings is 1. The van der Waals surface area contributed by atoms with Crippen molar-refractivity contribution in [3.8, 4) is 0 Å². The fourth-order valence-electron chi connectivity index (χ4n) is 2.83. The Morgan fingerprint density at radius 2 is 1.85 bits per heavy atom. The SMILES string of the molecule is NNC(c1ccc(Cl)cc1)c1cc2c(s1)CCCCC2. The van der Waals surface area contributed by atoms with E-state index in [4.69, 9.17) is 17.4 Å². The highest BCUT2D eigenvalue weighted by molar-refractivity contribution is 7.12. The molecule has 3 rings (SSSR count). The van der Waals surface area contributed by atoms with Gasteiger partial charge in [0.25, 0.3) is 0 Å². The van der Waals surface area contributed by atoms with E-state index in [-0.39, 0.29) is 6.04 Å². The molecule has 106 valence electrons. The van der Waals surface area contributed by atoms with Gasteiger partial charge < -0.3 is 0 Å². The molecule has 2 nitrogen and oxygen atoms in total. The van der Waals surface area contributed by atoms with Crippen molar-refractivity contribution in [1.29, 1.82) is 0 Å². The first kappa shape index (κ1) is 14.1. The summed E-state index contributed by atoms with van der Waals surface area (Å²) in [5, 5.41) is 0.756. The zero-order valence-corrected chi connectivity index (χ0v) is 12.9. The number of nitrogens with one attached hydrogen (secondary N) is 1. The van der Waals surface area contributed by atoms with Crippen LogP contribution < -0.4 is 11.3 Å². The van der Waals surface area contributed by atoms with Crippen LogP contribution in [-0.4, -0.2) is 0 Å². The molecular weight excluding hydrogens is 288 g/mol. The number of rotatable bonds is 3. The minimum absolute atomic E-state index is 0.0594. The van der Waals surface area contributed by atoms with Crippen LogP contribution in [0, 0.1) is 0 Å². The lowest BCUT2D eigenvalue weighted by atomic mass is 10.0. The Balaban J connectivity index is 1.91. The molecule has 0 radical (unpaired) electrons. The van der Waals surface area contributed by atoms with Crippen molar-refractivity contribution in [2.45, 2.75) is 38.1 Å². The van der Waals surface area contributed by atoms with Crippen LogP contribution in [-0.2, 0) is 12.8 Å². The predicted molar refractivity (Wildman–Crippen MR) is 86.2 cm³/mol. The number of halogens is 1. The first-order valence-corrected chi connectivity index (χ1v) is 8.30. The maximum Gasteiger partial charge on any atom is 0.0802 e. The van der Waals surface area contributed by atoms with Crippen molar-refractivity contribution >= 4 is 22.9 Å². The molecule has 0 saturated heterocycles. The van der Waals surface area contributed by atoms with Crippen molar-refractivity contribution in [3.63, 3.8) is 0 Å². The second-order valence-corrected chi connectivity index (χ2v) is 6.91. The summed E-state index contributed by atoms with van der Waals surface area (Å²) in [6, 6.07) is 10.3. The van der Waals surface area contributed by atoms with Gasteiger partial charge in [0.2, 0.25) is 0 Å². The number of benzene rings is 1. The molecule has 0 spiro atoms. The van der Waals surface area contributed by atoms with Crippen molar-refractivity contribution < 1.29 is 0 Å². The molecule has 2 aromatic rings. The number of hydrazine groups is 1. The number of hydrogen-bond acceptors (Lipinski definition) is 3. The van der Waals surface area contributed by atoms with Gasteiger partial charge in [0.05, 0.1) is 6.04 Å². The Morgan fingerprint density at radius 1 is 1.10 bits per heavy atom. The van der Waals surface area contributed by atoms with E-state index in [1.807, 2.05) is 35.6 Å². The minimum Gasteiger partial charge on any atom is -0.271 e. The Labute approximate surface area is 128 Å². The van der Waals surface area contributed by atoms with Gasteiger partial charge in [-0.15, -0.1) is 11.3 Å². The van der Waals surface area contributed by atoms with E-state index in [0.29, 0.717) is 0 Å². The summed E-state index contributed by atoms with van der Waals surface area (Å²) in [7, 11) is 0. The predicted octanol–water partition coefficient (Wildman–Crippen LogP) is 4.22. The molecule has 3 N–H and O–H groups in total. The molecular formula is C16H19ClN2S. The molecule has 1 aliphatic rings. The quantitative estimate of drug-likeness (QED) is 0.506. The zero-order valence-electron chi connectivity index (χ0n) is 11.4. The van der Waals surface area contributed by atoms with Crippen LogP contribution in [0.2, 0.25) is 5.02 Å². The van der Waals surface area contributed by atoms with E-state index in [1.54, 1.807) is 4.88 Å². The summed E-state index contributed by atoms with van der Waals surface area (Å²) in [4.78, 5) is 2.86. The van der Waals surface area contributed by atoms with E-state index in [2.05, 4.69) is 11.5 Å². The summed E-state index contributed by atoms with van der Waals surface area (Å²) in [6.07, 6.45) is 6.41. The second-order valence-electron chi connectivity index (χ2n) is 5.31. The second kappa shape index (κ2) is 6.27. The third-order valence-electron chi connectivity index (χ3n) is 3.92. The molecule has 1 unspecified atom stereocenters. The van der Waals surface area contributed by atoms with Crippen LogP contribution in [0.5, 0.6) is 0 Å². The Kier molecular flexibility index (Phi) is 4.41. The molecule has 1 aromatic carbocycles. The Bertz CT molecular complexity index is 553. The zero-order chi connectivity index (χ0) is 13.9. The third-order valence-corrected chi connectivity index (χ3v) is 5.47. The third kappa shape index (κ3) is 2.91. The number of aryl methyl sites for hydroxylation is 2. The van der Waals surface area contributed by atoms with Crippen molar-refractivity contribution in [2.24, 2.45) is 5.84 Å². The van der Waals surface area contributed by atoms with Gasteiger partial charge >= 0.3 is 0 Å². The summed E-state index contributed by atoms with van der Waals surface area (Å²) in [5.41, 5.74) is 5.63.